The molecule has 2 aliphatic rings. The number of nitrogens with one attached hydrogen (secondary N) is 2. The van der Waals surface area contributed by atoms with Crippen LogP contribution in [0.4, 0.5) is 16.6 Å². The second-order valence-corrected chi connectivity index (χ2v) is 8.61. The van der Waals surface area contributed by atoms with Crippen LogP contribution in [0.25, 0.3) is 16.8 Å². The maximum Gasteiger partial charge on any atom is 0.167 e. The van der Waals surface area contributed by atoms with Crippen LogP contribution in [0.1, 0.15) is 12.1 Å². The Kier molecular flexibility index (Phi) is 3.65. The summed E-state index contributed by atoms with van der Waals surface area (Å²) in [5.41, 5.74) is 3.82. The molecular formula is C19H21N9S. The first kappa shape index (κ1) is 16.9. The molecule has 2 N–H and O–H groups in total. The van der Waals surface area contributed by atoms with Crippen molar-refractivity contribution in [2.24, 2.45) is 7.05 Å². The Labute approximate surface area is 171 Å². The van der Waals surface area contributed by atoms with Gasteiger partial charge < -0.3 is 15.5 Å². The standard InChI is InChI=1S/C19H21N9S/c1-11-3-18(29-25-11)23-17-5-16(27-10-13-4-14(27)7-20-13)24-19-15(8-22-28(17)19)12-6-21-26(2)9-12/h3,5-6,8-9,13-14,20,23H,4,7,10H2,1-2H3/t13-,14-/m0/s1. The molecule has 2 atom stereocenters. The fraction of sp³-hybridized carbons (Fsp3) is 0.368. The van der Waals surface area contributed by atoms with E-state index in [9.17, 15) is 0 Å². The van der Waals surface area contributed by atoms with Gasteiger partial charge in [-0.1, -0.05) is 0 Å². The van der Waals surface area contributed by atoms with Gasteiger partial charge >= 0.3 is 0 Å². The quantitative estimate of drug-likeness (QED) is 0.536. The summed E-state index contributed by atoms with van der Waals surface area (Å²) in [6.45, 7) is 4.00. The van der Waals surface area contributed by atoms with E-state index in [1.54, 1.807) is 4.68 Å². The summed E-state index contributed by atoms with van der Waals surface area (Å²) in [7, 11) is 1.92. The van der Waals surface area contributed by atoms with Gasteiger partial charge in [-0.15, -0.1) is 0 Å². The van der Waals surface area contributed by atoms with Crippen LogP contribution < -0.4 is 15.5 Å². The smallest absolute Gasteiger partial charge is 0.167 e. The number of piperazine rings is 1. The molecule has 4 aromatic heterocycles. The molecule has 9 nitrogen and oxygen atoms in total. The topological polar surface area (TPSA) is 88.2 Å². The largest absolute Gasteiger partial charge is 0.351 e. The number of fused-ring (bicyclic) bond motifs is 3. The molecule has 4 aromatic rings. The number of hydrogen-bond acceptors (Lipinski definition) is 8. The van der Waals surface area contributed by atoms with Crippen LogP contribution in [0.15, 0.2) is 30.7 Å². The molecule has 0 saturated carbocycles. The fourth-order valence-electron chi connectivity index (χ4n) is 4.34. The Hall–Kier alpha value is -2.98. The summed E-state index contributed by atoms with van der Waals surface area (Å²) in [5, 5.41) is 17.0. The first-order valence-corrected chi connectivity index (χ1v) is 10.5. The van der Waals surface area contributed by atoms with Gasteiger partial charge in [-0.3, -0.25) is 4.68 Å². The zero-order chi connectivity index (χ0) is 19.5. The molecule has 6 rings (SSSR count). The molecule has 0 amide bonds. The monoisotopic (exact) mass is 407 g/mol. The Morgan fingerprint density at radius 3 is 2.86 bits per heavy atom. The SMILES string of the molecule is Cc1cc(Nc2cc(N3C[C@@H]4C[C@H]3CN4)nc3c(-c4cnn(C)c4)cnn23)sn1. The predicted octanol–water partition coefficient (Wildman–Crippen LogP) is 2.19. The molecule has 2 saturated heterocycles. The highest BCUT2D eigenvalue weighted by Crippen LogP contribution is 2.34. The highest BCUT2D eigenvalue weighted by Gasteiger charge is 2.38. The van der Waals surface area contributed by atoms with Gasteiger partial charge in [0.25, 0.3) is 0 Å². The second kappa shape index (κ2) is 6.26. The van der Waals surface area contributed by atoms with E-state index >= 15 is 0 Å². The minimum Gasteiger partial charge on any atom is -0.351 e. The molecule has 2 aliphatic heterocycles. The summed E-state index contributed by atoms with van der Waals surface area (Å²) in [6.07, 6.45) is 6.89. The molecule has 0 aromatic carbocycles. The Bertz CT molecular complexity index is 1210. The Morgan fingerprint density at radius 2 is 2.17 bits per heavy atom. The molecule has 148 valence electrons. The van der Waals surface area contributed by atoms with Gasteiger partial charge in [-0.2, -0.15) is 19.1 Å². The third kappa shape index (κ3) is 2.78. The van der Waals surface area contributed by atoms with E-state index in [1.807, 2.05) is 43.1 Å². The number of aryl methyl sites for hydroxylation is 2. The van der Waals surface area contributed by atoms with Crippen molar-refractivity contribution in [2.45, 2.75) is 25.4 Å². The van der Waals surface area contributed by atoms with Crippen molar-refractivity contribution < 1.29 is 0 Å². The van der Waals surface area contributed by atoms with Crippen LogP contribution >= 0.6 is 11.5 Å². The maximum absolute atomic E-state index is 5.04. The van der Waals surface area contributed by atoms with Crippen LogP contribution in [0.2, 0.25) is 0 Å². The number of anilines is 3. The van der Waals surface area contributed by atoms with E-state index in [2.05, 4.69) is 36.2 Å². The van der Waals surface area contributed by atoms with Gasteiger partial charge in [0.2, 0.25) is 0 Å². The van der Waals surface area contributed by atoms with E-state index in [1.165, 1.54) is 18.0 Å². The molecule has 29 heavy (non-hydrogen) atoms. The van der Waals surface area contributed by atoms with Gasteiger partial charge in [0.1, 0.15) is 16.6 Å². The van der Waals surface area contributed by atoms with Crippen LogP contribution in [-0.4, -0.2) is 53.9 Å². The lowest BCUT2D eigenvalue weighted by Crippen LogP contribution is -2.44. The lowest BCUT2D eigenvalue weighted by molar-refractivity contribution is 0.576. The Balaban J connectivity index is 1.50. The van der Waals surface area contributed by atoms with Crippen molar-refractivity contribution in [3.63, 3.8) is 0 Å². The number of rotatable bonds is 4. The highest BCUT2D eigenvalue weighted by atomic mass is 32.1. The minimum absolute atomic E-state index is 0.498. The van der Waals surface area contributed by atoms with E-state index in [4.69, 9.17) is 4.98 Å². The zero-order valence-corrected chi connectivity index (χ0v) is 17.0. The molecule has 6 heterocycles. The molecule has 10 heteroatoms. The number of nitrogens with zero attached hydrogens (tertiary/aromatic N) is 7. The molecule has 0 spiro atoms. The zero-order valence-electron chi connectivity index (χ0n) is 16.2. The second-order valence-electron chi connectivity index (χ2n) is 7.80. The van der Waals surface area contributed by atoms with Gasteiger partial charge in [0.05, 0.1) is 18.1 Å². The number of hydrogen-bond donors (Lipinski definition) is 2. The molecule has 0 radical (unpaired) electrons. The lowest BCUT2D eigenvalue weighted by atomic mass is 10.2. The average Bonchev–Trinajstić information content (AvgIpc) is 3.50. The third-order valence-corrected chi connectivity index (χ3v) is 6.50. The fourth-order valence-corrected chi connectivity index (χ4v) is 5.01. The Morgan fingerprint density at radius 1 is 1.24 bits per heavy atom. The van der Waals surface area contributed by atoms with Crippen LogP contribution in [0.3, 0.4) is 0 Å². The molecule has 2 bridgehead atoms. The average molecular weight is 408 g/mol. The molecule has 0 aliphatic carbocycles. The van der Waals surface area contributed by atoms with Gasteiger partial charge in [0, 0.05) is 55.6 Å². The van der Waals surface area contributed by atoms with Gasteiger partial charge in [0.15, 0.2) is 5.65 Å². The van der Waals surface area contributed by atoms with E-state index in [0.717, 1.165) is 52.2 Å². The summed E-state index contributed by atoms with van der Waals surface area (Å²) in [5.74, 6) is 1.88. The van der Waals surface area contributed by atoms with Crippen LogP contribution in [0.5, 0.6) is 0 Å². The normalized spacial score (nSPS) is 20.8. The number of aromatic nitrogens is 6. The van der Waals surface area contributed by atoms with Crippen molar-refractivity contribution in [2.75, 3.05) is 23.3 Å². The molecular weight excluding hydrogens is 386 g/mol. The predicted molar refractivity (Wildman–Crippen MR) is 113 cm³/mol. The first-order valence-electron chi connectivity index (χ1n) is 9.72. The van der Waals surface area contributed by atoms with Crippen molar-refractivity contribution in [1.82, 2.24) is 34.1 Å². The van der Waals surface area contributed by atoms with Gasteiger partial charge in [-0.05, 0) is 30.9 Å². The summed E-state index contributed by atoms with van der Waals surface area (Å²) in [6, 6.07) is 5.20. The van der Waals surface area contributed by atoms with Crippen LogP contribution in [-0.2, 0) is 7.05 Å². The summed E-state index contributed by atoms with van der Waals surface area (Å²) < 4.78 is 8.05. The lowest BCUT2D eigenvalue weighted by Gasteiger charge is -2.29. The van der Waals surface area contributed by atoms with Gasteiger partial charge in [-0.25, -0.2) is 4.98 Å². The van der Waals surface area contributed by atoms with E-state index in [-0.39, 0.29) is 0 Å². The minimum atomic E-state index is 0.498. The maximum atomic E-state index is 5.04. The molecule has 2 fully saturated rings. The molecule has 0 unspecified atom stereocenters. The van der Waals surface area contributed by atoms with E-state index in [0.29, 0.717) is 12.1 Å². The van der Waals surface area contributed by atoms with Crippen molar-refractivity contribution in [3.05, 3.63) is 36.4 Å². The van der Waals surface area contributed by atoms with Crippen molar-refractivity contribution in [3.8, 4) is 11.1 Å². The summed E-state index contributed by atoms with van der Waals surface area (Å²) in [4.78, 5) is 7.46. The van der Waals surface area contributed by atoms with Crippen LogP contribution in [0, 0.1) is 6.92 Å². The van der Waals surface area contributed by atoms with Crippen molar-refractivity contribution in [1.29, 1.82) is 0 Å². The third-order valence-electron chi connectivity index (χ3n) is 5.70. The van der Waals surface area contributed by atoms with E-state index < -0.39 is 0 Å². The highest BCUT2D eigenvalue weighted by molar-refractivity contribution is 7.10. The summed E-state index contributed by atoms with van der Waals surface area (Å²) >= 11 is 1.45. The first-order chi connectivity index (χ1) is 14.1. The van der Waals surface area contributed by atoms with Crippen molar-refractivity contribution >= 4 is 33.8 Å².